The van der Waals surface area contributed by atoms with Crippen LogP contribution in [0.25, 0.3) is 0 Å². The molecule has 8 heteroatoms. The van der Waals surface area contributed by atoms with Gasteiger partial charge in [0, 0.05) is 26.8 Å². The zero-order valence-corrected chi connectivity index (χ0v) is 12.4. The highest BCUT2D eigenvalue weighted by Crippen LogP contribution is 2.07. The smallest absolute Gasteiger partial charge is 0.328 e. The number of rotatable bonds is 9. The van der Waals surface area contributed by atoms with Gasteiger partial charge in [-0.25, -0.2) is 9.59 Å². The van der Waals surface area contributed by atoms with E-state index in [0.717, 1.165) is 12.8 Å². The number of amides is 2. The van der Waals surface area contributed by atoms with E-state index in [9.17, 15) is 9.59 Å². The number of carboxylic acid groups (broad SMARTS) is 1. The standard InChI is InChI=1S/C13H24N2O6/c1-19-8-9-20-6-3-2-4-14-13(18)15-5-7-21-10-11(15)12(16)17/h11H,2-10H2,1H3,(H,14,18)(H,16,17). The van der Waals surface area contributed by atoms with Crippen molar-refractivity contribution in [3.05, 3.63) is 0 Å². The number of carbonyl (C=O) groups excluding carboxylic acids is 1. The van der Waals surface area contributed by atoms with Crippen LogP contribution in [0, 0.1) is 0 Å². The van der Waals surface area contributed by atoms with Crippen LogP contribution in [0.5, 0.6) is 0 Å². The first-order valence-electron chi connectivity index (χ1n) is 7.08. The maximum Gasteiger partial charge on any atom is 0.328 e. The molecule has 0 bridgehead atoms. The molecule has 1 fully saturated rings. The quantitative estimate of drug-likeness (QED) is 0.579. The molecule has 1 unspecified atom stereocenters. The Labute approximate surface area is 124 Å². The maximum absolute atomic E-state index is 11.9. The zero-order valence-electron chi connectivity index (χ0n) is 12.4. The molecule has 1 atom stereocenters. The summed E-state index contributed by atoms with van der Waals surface area (Å²) in [7, 11) is 1.62. The van der Waals surface area contributed by atoms with E-state index in [0.29, 0.717) is 39.5 Å². The zero-order chi connectivity index (χ0) is 15.5. The molecule has 8 nitrogen and oxygen atoms in total. The molecule has 0 aromatic carbocycles. The molecule has 1 saturated heterocycles. The number of nitrogens with one attached hydrogen (secondary N) is 1. The highest BCUT2D eigenvalue weighted by atomic mass is 16.5. The van der Waals surface area contributed by atoms with Gasteiger partial charge in [-0.2, -0.15) is 0 Å². The van der Waals surface area contributed by atoms with E-state index in [1.165, 1.54) is 4.90 Å². The molecule has 2 amide bonds. The monoisotopic (exact) mass is 304 g/mol. The van der Waals surface area contributed by atoms with E-state index < -0.39 is 12.0 Å². The molecule has 0 aromatic heterocycles. The third-order valence-electron chi connectivity index (χ3n) is 3.10. The first-order chi connectivity index (χ1) is 10.2. The molecule has 0 aliphatic carbocycles. The van der Waals surface area contributed by atoms with Crippen molar-refractivity contribution in [3.8, 4) is 0 Å². The predicted octanol–water partition coefficient (Wildman–Crippen LogP) is -0.0754. The fourth-order valence-electron chi connectivity index (χ4n) is 1.92. The molecule has 0 aromatic rings. The number of nitrogens with zero attached hydrogens (tertiary/aromatic N) is 1. The van der Waals surface area contributed by atoms with Crippen LogP contribution in [0.3, 0.4) is 0 Å². The fraction of sp³-hybridized carbons (Fsp3) is 0.846. The van der Waals surface area contributed by atoms with Gasteiger partial charge < -0.3 is 29.5 Å². The molecule has 21 heavy (non-hydrogen) atoms. The second-order valence-corrected chi connectivity index (χ2v) is 4.67. The Morgan fingerprint density at radius 2 is 2.14 bits per heavy atom. The lowest BCUT2D eigenvalue weighted by Crippen LogP contribution is -2.55. The first-order valence-corrected chi connectivity index (χ1v) is 7.08. The Morgan fingerprint density at radius 1 is 1.33 bits per heavy atom. The van der Waals surface area contributed by atoms with E-state index in [2.05, 4.69) is 5.32 Å². The van der Waals surface area contributed by atoms with Crippen molar-refractivity contribution in [3.63, 3.8) is 0 Å². The van der Waals surface area contributed by atoms with Gasteiger partial charge >= 0.3 is 12.0 Å². The predicted molar refractivity (Wildman–Crippen MR) is 74.3 cm³/mol. The third-order valence-corrected chi connectivity index (χ3v) is 3.10. The lowest BCUT2D eigenvalue weighted by Gasteiger charge is -2.32. The van der Waals surface area contributed by atoms with Crippen molar-refractivity contribution < 1.29 is 28.9 Å². The SMILES string of the molecule is COCCOCCCCNC(=O)N1CCOCC1C(=O)O. The van der Waals surface area contributed by atoms with Gasteiger partial charge in [0.1, 0.15) is 0 Å². The Kier molecular flexibility index (Phi) is 8.72. The highest BCUT2D eigenvalue weighted by molar-refractivity contribution is 5.82. The lowest BCUT2D eigenvalue weighted by molar-refractivity contribution is -0.147. The molecule has 1 aliphatic heterocycles. The number of carboxylic acids is 1. The Balaban J connectivity index is 2.13. The fourth-order valence-corrected chi connectivity index (χ4v) is 1.92. The molecule has 0 spiro atoms. The van der Waals surface area contributed by atoms with E-state index in [1.54, 1.807) is 7.11 Å². The van der Waals surface area contributed by atoms with Crippen molar-refractivity contribution in [2.24, 2.45) is 0 Å². The molecule has 1 heterocycles. The molecule has 1 aliphatic rings. The van der Waals surface area contributed by atoms with Crippen LogP contribution in [0.2, 0.25) is 0 Å². The van der Waals surface area contributed by atoms with Crippen LogP contribution < -0.4 is 5.32 Å². The largest absolute Gasteiger partial charge is 0.480 e. The average Bonchev–Trinajstić information content (AvgIpc) is 2.49. The van der Waals surface area contributed by atoms with Crippen molar-refractivity contribution in [1.29, 1.82) is 0 Å². The summed E-state index contributed by atoms with van der Waals surface area (Å²) < 4.78 is 15.2. The Bertz CT molecular complexity index is 326. The van der Waals surface area contributed by atoms with Crippen molar-refractivity contribution in [2.45, 2.75) is 18.9 Å². The van der Waals surface area contributed by atoms with Gasteiger partial charge in [-0.05, 0) is 12.8 Å². The third kappa shape index (κ3) is 6.74. The van der Waals surface area contributed by atoms with Crippen LogP contribution >= 0.6 is 0 Å². The first kappa shape index (κ1) is 17.7. The summed E-state index contributed by atoms with van der Waals surface area (Å²) in [5, 5.41) is 11.8. The minimum absolute atomic E-state index is 0.0378. The van der Waals surface area contributed by atoms with Crippen LogP contribution in [0.15, 0.2) is 0 Å². The van der Waals surface area contributed by atoms with Gasteiger partial charge in [0.2, 0.25) is 0 Å². The summed E-state index contributed by atoms with van der Waals surface area (Å²) in [5.41, 5.74) is 0. The summed E-state index contributed by atoms with van der Waals surface area (Å²) in [5.74, 6) is -1.05. The number of hydrogen-bond acceptors (Lipinski definition) is 5. The number of urea groups is 1. The molecule has 1 rings (SSSR count). The van der Waals surface area contributed by atoms with Crippen molar-refractivity contribution in [2.75, 3.05) is 53.2 Å². The minimum atomic E-state index is -1.05. The number of unbranched alkanes of at least 4 members (excludes halogenated alkanes) is 1. The molecule has 2 N–H and O–H groups in total. The maximum atomic E-state index is 11.9. The number of morpholine rings is 1. The van der Waals surface area contributed by atoms with E-state index >= 15 is 0 Å². The van der Waals surface area contributed by atoms with Gasteiger partial charge in [-0.1, -0.05) is 0 Å². The van der Waals surface area contributed by atoms with Crippen LogP contribution in [-0.4, -0.2) is 81.3 Å². The average molecular weight is 304 g/mol. The summed E-state index contributed by atoms with van der Waals surface area (Å²) in [6, 6.07) is -1.26. The number of hydrogen-bond donors (Lipinski definition) is 2. The molecule has 0 saturated carbocycles. The topological polar surface area (TPSA) is 97.3 Å². The second kappa shape index (κ2) is 10.4. The number of ether oxygens (including phenoxy) is 3. The Hall–Kier alpha value is -1.38. The highest BCUT2D eigenvalue weighted by Gasteiger charge is 2.32. The number of aliphatic carboxylic acids is 1. The van der Waals surface area contributed by atoms with Crippen molar-refractivity contribution in [1.82, 2.24) is 10.2 Å². The van der Waals surface area contributed by atoms with Crippen molar-refractivity contribution >= 4 is 12.0 Å². The van der Waals surface area contributed by atoms with Gasteiger partial charge in [-0.15, -0.1) is 0 Å². The van der Waals surface area contributed by atoms with Gasteiger partial charge in [0.15, 0.2) is 6.04 Å². The van der Waals surface area contributed by atoms with E-state index in [-0.39, 0.29) is 12.6 Å². The second-order valence-electron chi connectivity index (χ2n) is 4.67. The van der Waals surface area contributed by atoms with E-state index in [4.69, 9.17) is 19.3 Å². The van der Waals surface area contributed by atoms with Gasteiger partial charge in [0.25, 0.3) is 0 Å². The van der Waals surface area contributed by atoms with Crippen LogP contribution in [-0.2, 0) is 19.0 Å². The molecule has 0 radical (unpaired) electrons. The van der Waals surface area contributed by atoms with Gasteiger partial charge in [0.05, 0.1) is 26.4 Å². The van der Waals surface area contributed by atoms with Crippen LogP contribution in [0.1, 0.15) is 12.8 Å². The lowest BCUT2D eigenvalue weighted by atomic mass is 10.2. The Morgan fingerprint density at radius 3 is 2.86 bits per heavy atom. The number of methoxy groups -OCH3 is 1. The molecular weight excluding hydrogens is 280 g/mol. The molecule has 122 valence electrons. The summed E-state index contributed by atoms with van der Waals surface area (Å²) in [6.45, 7) is 2.95. The summed E-state index contributed by atoms with van der Waals surface area (Å²) in [6.07, 6.45) is 1.61. The summed E-state index contributed by atoms with van der Waals surface area (Å²) >= 11 is 0. The number of carbonyl (C=O) groups is 2. The molecular formula is C13H24N2O6. The van der Waals surface area contributed by atoms with Gasteiger partial charge in [-0.3, -0.25) is 0 Å². The van der Waals surface area contributed by atoms with E-state index in [1.807, 2.05) is 0 Å². The summed E-state index contributed by atoms with van der Waals surface area (Å²) in [4.78, 5) is 24.3. The van der Waals surface area contributed by atoms with Crippen LogP contribution in [0.4, 0.5) is 4.79 Å². The minimum Gasteiger partial charge on any atom is -0.480 e. The normalized spacial score (nSPS) is 18.5.